The number of piperazine rings is 1. The second-order valence-electron chi connectivity index (χ2n) is 6.40. The van der Waals surface area contributed by atoms with Crippen molar-refractivity contribution in [1.29, 1.82) is 0 Å². The lowest BCUT2D eigenvalue weighted by Crippen LogP contribution is -2.50. The molecule has 0 unspecified atom stereocenters. The number of nitrogens with one attached hydrogen (secondary N) is 1. The van der Waals surface area contributed by atoms with Gasteiger partial charge in [-0.25, -0.2) is 4.79 Å². The number of rotatable bonds is 6. The highest BCUT2D eigenvalue weighted by Crippen LogP contribution is 2.33. The van der Waals surface area contributed by atoms with Crippen molar-refractivity contribution in [2.75, 3.05) is 57.2 Å². The Kier molecular flexibility index (Phi) is 6.47. The quantitative estimate of drug-likeness (QED) is 0.825. The van der Waals surface area contributed by atoms with Crippen molar-refractivity contribution in [1.82, 2.24) is 4.90 Å². The molecule has 7 nitrogen and oxygen atoms in total. The summed E-state index contributed by atoms with van der Waals surface area (Å²) < 4.78 is 16.2. The van der Waals surface area contributed by atoms with Gasteiger partial charge < -0.3 is 29.3 Å². The van der Waals surface area contributed by atoms with Gasteiger partial charge in [-0.15, -0.1) is 0 Å². The monoisotopic (exact) mass is 385 g/mol. The van der Waals surface area contributed by atoms with Crippen molar-refractivity contribution in [3.63, 3.8) is 0 Å². The standard InChI is InChI=1S/C21H27N3O4/c1-4-28-17-7-5-16(6-8-17)22-21(25)24-13-11-23(12-14-24)19-15-18(26-2)9-10-20(19)27-3/h5-10,15H,4,11-14H2,1-3H3,(H,22,25). The third kappa shape index (κ3) is 4.60. The number of methoxy groups -OCH3 is 2. The number of urea groups is 1. The van der Waals surface area contributed by atoms with Crippen LogP contribution in [0.2, 0.25) is 0 Å². The highest BCUT2D eigenvalue weighted by atomic mass is 16.5. The van der Waals surface area contributed by atoms with Gasteiger partial charge in [0.25, 0.3) is 0 Å². The molecule has 1 aliphatic heterocycles. The molecule has 0 bridgehead atoms. The molecule has 28 heavy (non-hydrogen) atoms. The van der Waals surface area contributed by atoms with E-state index in [2.05, 4.69) is 10.2 Å². The zero-order valence-electron chi connectivity index (χ0n) is 16.6. The van der Waals surface area contributed by atoms with Crippen molar-refractivity contribution >= 4 is 17.4 Å². The first-order valence-electron chi connectivity index (χ1n) is 9.40. The maximum atomic E-state index is 12.6. The van der Waals surface area contributed by atoms with Crippen LogP contribution in [0.25, 0.3) is 0 Å². The molecule has 150 valence electrons. The molecular weight excluding hydrogens is 358 g/mol. The number of amides is 2. The molecule has 1 saturated heterocycles. The fraction of sp³-hybridized carbons (Fsp3) is 0.381. The van der Waals surface area contributed by atoms with Gasteiger partial charge in [0.15, 0.2) is 0 Å². The minimum atomic E-state index is -0.0959. The predicted octanol–water partition coefficient (Wildman–Crippen LogP) is 3.46. The van der Waals surface area contributed by atoms with Crippen molar-refractivity contribution in [2.24, 2.45) is 0 Å². The third-order valence-electron chi connectivity index (χ3n) is 4.71. The van der Waals surface area contributed by atoms with Crippen LogP contribution in [-0.2, 0) is 0 Å². The molecule has 0 radical (unpaired) electrons. The Hall–Kier alpha value is -3.09. The van der Waals surface area contributed by atoms with Gasteiger partial charge in [-0.3, -0.25) is 0 Å². The number of benzene rings is 2. The zero-order valence-corrected chi connectivity index (χ0v) is 16.6. The largest absolute Gasteiger partial charge is 0.497 e. The molecule has 2 aromatic rings. The molecule has 0 atom stereocenters. The molecule has 2 amide bonds. The van der Waals surface area contributed by atoms with Crippen molar-refractivity contribution in [3.05, 3.63) is 42.5 Å². The number of hydrogen-bond acceptors (Lipinski definition) is 5. The summed E-state index contributed by atoms with van der Waals surface area (Å²) in [5, 5.41) is 2.94. The Labute approximate surface area is 165 Å². The van der Waals surface area contributed by atoms with E-state index >= 15 is 0 Å². The Morgan fingerprint density at radius 1 is 0.964 bits per heavy atom. The SMILES string of the molecule is CCOc1ccc(NC(=O)N2CCN(c3cc(OC)ccc3OC)CC2)cc1. The summed E-state index contributed by atoms with van der Waals surface area (Å²) in [5.41, 5.74) is 1.73. The number of ether oxygens (including phenoxy) is 3. The number of carbonyl (C=O) groups is 1. The third-order valence-corrected chi connectivity index (χ3v) is 4.71. The molecule has 1 aliphatic rings. The molecule has 0 aromatic heterocycles. The summed E-state index contributed by atoms with van der Waals surface area (Å²) in [5.74, 6) is 2.38. The van der Waals surface area contributed by atoms with Gasteiger partial charge >= 0.3 is 6.03 Å². The first-order chi connectivity index (χ1) is 13.6. The molecule has 1 N–H and O–H groups in total. The molecule has 2 aromatic carbocycles. The number of hydrogen-bond donors (Lipinski definition) is 1. The van der Waals surface area contributed by atoms with Crippen LogP contribution in [0, 0.1) is 0 Å². The normalized spacial score (nSPS) is 13.8. The fourth-order valence-corrected chi connectivity index (χ4v) is 3.20. The van der Waals surface area contributed by atoms with Crippen LogP contribution in [0.3, 0.4) is 0 Å². The van der Waals surface area contributed by atoms with Crippen LogP contribution in [-0.4, -0.2) is 57.9 Å². The first kappa shape index (κ1) is 19.7. The molecule has 3 rings (SSSR count). The van der Waals surface area contributed by atoms with E-state index in [4.69, 9.17) is 14.2 Å². The summed E-state index contributed by atoms with van der Waals surface area (Å²) in [4.78, 5) is 16.6. The van der Waals surface area contributed by atoms with E-state index in [0.717, 1.165) is 41.7 Å². The zero-order chi connectivity index (χ0) is 19.9. The highest BCUT2D eigenvalue weighted by molar-refractivity contribution is 5.89. The molecule has 0 aliphatic carbocycles. The van der Waals surface area contributed by atoms with Crippen LogP contribution in [0.4, 0.5) is 16.2 Å². The Bertz CT molecular complexity index is 787. The number of carbonyl (C=O) groups excluding carboxylic acids is 1. The molecular formula is C21H27N3O4. The summed E-state index contributed by atoms with van der Waals surface area (Å²) in [6.45, 7) is 5.26. The summed E-state index contributed by atoms with van der Waals surface area (Å²) in [6.07, 6.45) is 0. The predicted molar refractivity (Wildman–Crippen MR) is 110 cm³/mol. The van der Waals surface area contributed by atoms with E-state index in [1.54, 1.807) is 14.2 Å². The highest BCUT2D eigenvalue weighted by Gasteiger charge is 2.23. The summed E-state index contributed by atoms with van der Waals surface area (Å²) >= 11 is 0. The van der Waals surface area contributed by atoms with Gasteiger partial charge in [0.2, 0.25) is 0 Å². The van der Waals surface area contributed by atoms with Crippen LogP contribution >= 0.6 is 0 Å². The first-order valence-corrected chi connectivity index (χ1v) is 9.40. The van der Waals surface area contributed by atoms with Gasteiger partial charge in [-0.1, -0.05) is 0 Å². The van der Waals surface area contributed by atoms with E-state index in [1.165, 1.54) is 0 Å². The molecule has 1 heterocycles. The van der Waals surface area contributed by atoms with Gasteiger partial charge in [0.05, 0.1) is 26.5 Å². The van der Waals surface area contributed by atoms with Crippen molar-refractivity contribution in [2.45, 2.75) is 6.92 Å². The maximum absolute atomic E-state index is 12.6. The number of anilines is 2. The Balaban J connectivity index is 1.58. The lowest BCUT2D eigenvalue weighted by atomic mass is 10.2. The number of nitrogens with zero attached hydrogens (tertiary/aromatic N) is 2. The lowest BCUT2D eigenvalue weighted by molar-refractivity contribution is 0.208. The van der Waals surface area contributed by atoms with E-state index in [0.29, 0.717) is 19.7 Å². The second kappa shape index (κ2) is 9.21. The minimum absolute atomic E-state index is 0.0959. The van der Waals surface area contributed by atoms with E-state index in [9.17, 15) is 4.79 Å². The van der Waals surface area contributed by atoms with Gasteiger partial charge in [0.1, 0.15) is 17.2 Å². The molecule has 0 spiro atoms. The summed E-state index contributed by atoms with van der Waals surface area (Å²) in [7, 11) is 3.31. The fourth-order valence-electron chi connectivity index (χ4n) is 3.20. The van der Waals surface area contributed by atoms with Gasteiger partial charge in [0, 0.05) is 37.9 Å². The van der Waals surface area contributed by atoms with Crippen LogP contribution in [0.15, 0.2) is 42.5 Å². The van der Waals surface area contributed by atoms with Gasteiger partial charge in [-0.05, 0) is 43.3 Å². The van der Waals surface area contributed by atoms with Gasteiger partial charge in [-0.2, -0.15) is 0 Å². The Morgan fingerprint density at radius 3 is 2.25 bits per heavy atom. The maximum Gasteiger partial charge on any atom is 0.321 e. The lowest BCUT2D eigenvalue weighted by Gasteiger charge is -2.36. The topological polar surface area (TPSA) is 63.3 Å². The average Bonchev–Trinajstić information content (AvgIpc) is 2.75. The molecule has 7 heteroatoms. The minimum Gasteiger partial charge on any atom is -0.497 e. The smallest absolute Gasteiger partial charge is 0.321 e. The van der Waals surface area contributed by atoms with Crippen LogP contribution in [0.1, 0.15) is 6.92 Å². The van der Waals surface area contributed by atoms with E-state index in [1.807, 2.05) is 54.3 Å². The van der Waals surface area contributed by atoms with Crippen molar-refractivity contribution < 1.29 is 19.0 Å². The Morgan fingerprint density at radius 2 is 1.64 bits per heavy atom. The molecule has 1 fully saturated rings. The van der Waals surface area contributed by atoms with E-state index < -0.39 is 0 Å². The summed E-state index contributed by atoms with van der Waals surface area (Å²) in [6, 6.07) is 13.1. The second-order valence-corrected chi connectivity index (χ2v) is 6.40. The average molecular weight is 385 g/mol. The van der Waals surface area contributed by atoms with E-state index in [-0.39, 0.29) is 6.03 Å². The van der Waals surface area contributed by atoms with Crippen LogP contribution in [0.5, 0.6) is 17.2 Å². The van der Waals surface area contributed by atoms with Crippen molar-refractivity contribution in [3.8, 4) is 17.2 Å². The van der Waals surface area contributed by atoms with Crippen LogP contribution < -0.4 is 24.4 Å². The molecule has 0 saturated carbocycles.